The fourth-order valence-corrected chi connectivity index (χ4v) is 3.19. The van der Waals surface area contributed by atoms with E-state index in [4.69, 9.17) is 9.84 Å². The molecule has 0 amide bonds. The van der Waals surface area contributed by atoms with E-state index >= 15 is 0 Å². The van der Waals surface area contributed by atoms with Crippen LogP contribution in [0.1, 0.15) is 38.5 Å². The van der Waals surface area contributed by atoms with Crippen molar-refractivity contribution >= 4 is 5.97 Å². The highest BCUT2D eigenvalue weighted by Crippen LogP contribution is 2.44. The van der Waals surface area contributed by atoms with Crippen molar-refractivity contribution in [3.63, 3.8) is 0 Å². The summed E-state index contributed by atoms with van der Waals surface area (Å²) in [7, 11) is 0. The topological polar surface area (TPSA) is 66.8 Å². The lowest BCUT2D eigenvalue weighted by Gasteiger charge is -2.25. The molecule has 0 aliphatic carbocycles. The van der Waals surface area contributed by atoms with Crippen LogP contribution in [0.5, 0.6) is 0 Å². The average molecular weight is 254 g/mol. The molecule has 102 valence electrons. The van der Waals surface area contributed by atoms with Gasteiger partial charge in [0.25, 0.3) is 0 Å². The maximum Gasteiger partial charge on any atom is 0.303 e. The van der Waals surface area contributed by atoms with Gasteiger partial charge >= 0.3 is 5.97 Å². The third-order valence-corrected chi connectivity index (χ3v) is 4.14. The van der Waals surface area contributed by atoms with E-state index in [-0.39, 0.29) is 19.1 Å². The second kappa shape index (κ2) is 6.34. The Bertz CT molecular complexity index is 313. The molecule has 4 atom stereocenters. The van der Waals surface area contributed by atoms with Gasteiger partial charge in [0.05, 0.1) is 12.2 Å². The quantitative estimate of drug-likeness (QED) is 0.538. The molecule has 0 aromatic rings. The zero-order valence-electron chi connectivity index (χ0n) is 10.6. The summed E-state index contributed by atoms with van der Waals surface area (Å²) >= 11 is 0. The Hall–Kier alpha value is -0.870. The third kappa shape index (κ3) is 3.12. The number of rotatable bonds is 7. The fraction of sp³-hybridized carbons (Fsp3) is 0.786. The van der Waals surface area contributed by atoms with Crippen molar-refractivity contribution < 1.29 is 19.7 Å². The van der Waals surface area contributed by atoms with Crippen molar-refractivity contribution in [1.29, 1.82) is 0 Å². The molecule has 2 rings (SSSR count). The van der Waals surface area contributed by atoms with Gasteiger partial charge in [-0.15, -0.1) is 0 Å². The van der Waals surface area contributed by atoms with Gasteiger partial charge in [0.1, 0.15) is 0 Å². The van der Waals surface area contributed by atoms with Crippen LogP contribution >= 0.6 is 0 Å². The Morgan fingerprint density at radius 1 is 1.22 bits per heavy atom. The number of aliphatic hydroxyl groups is 1. The molecular formula is C14H22O4. The zero-order valence-corrected chi connectivity index (χ0v) is 10.6. The molecule has 4 nitrogen and oxygen atoms in total. The number of fused-ring (bicyclic) bond motifs is 2. The molecule has 2 saturated heterocycles. The normalized spacial score (nSPS) is 34.5. The lowest BCUT2D eigenvalue weighted by atomic mass is 9.78. The monoisotopic (exact) mass is 254 g/mol. The predicted molar refractivity (Wildman–Crippen MR) is 67.2 cm³/mol. The van der Waals surface area contributed by atoms with E-state index in [1.165, 1.54) is 0 Å². The first-order valence-electron chi connectivity index (χ1n) is 6.85. The number of hydrogen-bond acceptors (Lipinski definition) is 3. The number of carboxylic acid groups (broad SMARTS) is 1. The van der Waals surface area contributed by atoms with Gasteiger partial charge in [0, 0.05) is 18.9 Å². The third-order valence-electron chi connectivity index (χ3n) is 4.14. The standard InChI is InChI=1S/C14H22O4/c15-9-11-10(12-7-8-13(11)18-12)5-3-1-2-4-6-14(16)17/h1,3,10-13,15H,2,4-9H2,(H,16,17)/b3-1-/t10-,11+,12+,13-/m0/s1. The summed E-state index contributed by atoms with van der Waals surface area (Å²) in [5.74, 6) is 0.0159. The van der Waals surface area contributed by atoms with E-state index < -0.39 is 5.97 Å². The predicted octanol–water partition coefficient (Wildman–Crippen LogP) is 1.97. The lowest BCUT2D eigenvalue weighted by molar-refractivity contribution is -0.137. The maximum atomic E-state index is 10.3. The molecule has 2 N–H and O–H groups in total. The summed E-state index contributed by atoms with van der Waals surface area (Å²) in [5.41, 5.74) is 0. The minimum absolute atomic E-state index is 0.221. The van der Waals surface area contributed by atoms with Crippen molar-refractivity contribution in [2.24, 2.45) is 11.8 Å². The zero-order chi connectivity index (χ0) is 13.0. The van der Waals surface area contributed by atoms with Crippen LogP contribution in [0.15, 0.2) is 12.2 Å². The summed E-state index contributed by atoms with van der Waals surface area (Å²) < 4.78 is 5.83. The van der Waals surface area contributed by atoms with Crippen LogP contribution in [0.2, 0.25) is 0 Å². The van der Waals surface area contributed by atoms with Crippen LogP contribution in [0.25, 0.3) is 0 Å². The maximum absolute atomic E-state index is 10.3. The number of carboxylic acids is 1. The largest absolute Gasteiger partial charge is 0.481 e. The van der Waals surface area contributed by atoms with Crippen LogP contribution in [-0.2, 0) is 9.53 Å². The van der Waals surface area contributed by atoms with E-state index in [1.807, 2.05) is 0 Å². The van der Waals surface area contributed by atoms with E-state index in [1.54, 1.807) is 0 Å². The molecule has 2 aliphatic heterocycles. The van der Waals surface area contributed by atoms with Crippen molar-refractivity contribution in [3.05, 3.63) is 12.2 Å². The number of ether oxygens (including phenoxy) is 1. The smallest absolute Gasteiger partial charge is 0.303 e. The van der Waals surface area contributed by atoms with Crippen molar-refractivity contribution in [1.82, 2.24) is 0 Å². The molecule has 0 aromatic carbocycles. The highest BCUT2D eigenvalue weighted by molar-refractivity contribution is 5.66. The van der Waals surface area contributed by atoms with Crippen molar-refractivity contribution in [3.8, 4) is 0 Å². The van der Waals surface area contributed by atoms with Crippen LogP contribution in [0.4, 0.5) is 0 Å². The summed E-state index contributed by atoms with van der Waals surface area (Å²) in [5, 5.41) is 17.9. The Balaban J connectivity index is 1.69. The molecule has 0 spiro atoms. The molecule has 2 heterocycles. The van der Waals surface area contributed by atoms with Crippen LogP contribution in [0, 0.1) is 11.8 Å². The fourth-order valence-electron chi connectivity index (χ4n) is 3.19. The van der Waals surface area contributed by atoms with Gasteiger partial charge in [-0.25, -0.2) is 0 Å². The van der Waals surface area contributed by atoms with Crippen molar-refractivity contribution in [2.75, 3.05) is 6.61 Å². The second-order valence-corrected chi connectivity index (χ2v) is 5.29. The summed E-state index contributed by atoms with van der Waals surface area (Å²) in [6, 6.07) is 0. The number of unbranched alkanes of at least 4 members (excludes halogenated alkanes) is 1. The SMILES string of the molecule is O=C(O)CCC/C=C\C[C@H]1[C@@H](CO)[C@@H]2CC[C@H]1O2. The molecule has 2 fully saturated rings. The highest BCUT2D eigenvalue weighted by atomic mass is 16.5. The molecule has 0 radical (unpaired) electrons. The highest BCUT2D eigenvalue weighted by Gasteiger charge is 2.47. The Kier molecular flexibility index (Phi) is 4.78. The van der Waals surface area contributed by atoms with Gasteiger partial charge in [-0.1, -0.05) is 12.2 Å². The summed E-state index contributed by atoms with van der Waals surface area (Å²) in [4.78, 5) is 10.3. The minimum atomic E-state index is -0.731. The number of hydrogen-bond donors (Lipinski definition) is 2. The van der Waals surface area contributed by atoms with Crippen LogP contribution in [-0.4, -0.2) is 35.0 Å². The van der Waals surface area contributed by atoms with E-state index in [0.29, 0.717) is 24.4 Å². The van der Waals surface area contributed by atoms with Gasteiger partial charge in [-0.05, 0) is 38.0 Å². The second-order valence-electron chi connectivity index (χ2n) is 5.29. The first-order valence-corrected chi connectivity index (χ1v) is 6.85. The molecule has 2 aliphatic rings. The molecule has 0 aromatic heterocycles. The lowest BCUT2D eigenvalue weighted by Crippen LogP contribution is -2.29. The molecule has 2 bridgehead atoms. The number of aliphatic hydroxyl groups excluding tert-OH is 1. The Labute approximate surface area is 108 Å². The Morgan fingerprint density at radius 2 is 1.94 bits per heavy atom. The van der Waals surface area contributed by atoms with Gasteiger partial charge in [-0.2, -0.15) is 0 Å². The first kappa shape index (κ1) is 13.6. The van der Waals surface area contributed by atoms with Crippen LogP contribution < -0.4 is 0 Å². The van der Waals surface area contributed by atoms with Gasteiger partial charge in [0.2, 0.25) is 0 Å². The van der Waals surface area contributed by atoms with E-state index in [0.717, 1.165) is 25.7 Å². The minimum Gasteiger partial charge on any atom is -0.481 e. The number of carbonyl (C=O) groups is 1. The van der Waals surface area contributed by atoms with Crippen LogP contribution in [0.3, 0.4) is 0 Å². The van der Waals surface area contributed by atoms with Crippen molar-refractivity contribution in [2.45, 2.75) is 50.7 Å². The average Bonchev–Trinajstić information content (AvgIpc) is 2.93. The van der Waals surface area contributed by atoms with Gasteiger partial charge in [-0.3, -0.25) is 4.79 Å². The van der Waals surface area contributed by atoms with E-state index in [9.17, 15) is 9.90 Å². The Morgan fingerprint density at radius 3 is 2.61 bits per heavy atom. The summed E-state index contributed by atoms with van der Waals surface area (Å²) in [6.07, 6.45) is 9.69. The number of allylic oxidation sites excluding steroid dienone is 2. The van der Waals surface area contributed by atoms with Gasteiger partial charge in [0.15, 0.2) is 0 Å². The first-order chi connectivity index (χ1) is 8.72. The molecule has 4 heteroatoms. The number of aliphatic carboxylic acids is 1. The molecule has 0 saturated carbocycles. The van der Waals surface area contributed by atoms with E-state index in [2.05, 4.69) is 12.2 Å². The summed E-state index contributed by atoms with van der Waals surface area (Å²) in [6.45, 7) is 0.221. The molecule has 18 heavy (non-hydrogen) atoms. The van der Waals surface area contributed by atoms with Gasteiger partial charge < -0.3 is 14.9 Å². The molecule has 0 unspecified atom stereocenters. The molecular weight excluding hydrogens is 232 g/mol.